The molecule has 2 N–H and O–H groups in total. The minimum Gasteiger partial charge on any atom is -0.496 e. The summed E-state index contributed by atoms with van der Waals surface area (Å²) in [6.45, 7) is 0. The maximum atomic E-state index is 13.9. The Bertz CT molecular complexity index is 573. The Morgan fingerprint density at radius 1 is 1.33 bits per heavy atom. The summed E-state index contributed by atoms with van der Waals surface area (Å²) in [5.41, 5.74) is 5.78. The Labute approximate surface area is 116 Å². The molecule has 96 valence electrons. The minimum absolute atomic E-state index is 0.162. The van der Waals surface area contributed by atoms with Crippen LogP contribution in [-0.2, 0) is 0 Å². The van der Waals surface area contributed by atoms with E-state index in [0.717, 1.165) is 0 Å². The molecule has 0 bridgehead atoms. The van der Waals surface area contributed by atoms with Crippen LogP contribution in [0.2, 0.25) is 0 Å². The highest BCUT2D eigenvalue weighted by Crippen LogP contribution is 2.36. The van der Waals surface area contributed by atoms with Gasteiger partial charge in [0, 0.05) is 5.56 Å². The number of rotatable bonds is 3. The van der Waals surface area contributed by atoms with Crippen LogP contribution in [0, 0.1) is 11.6 Å². The molecule has 0 aliphatic heterocycles. The predicted octanol–water partition coefficient (Wildman–Crippen LogP) is 3.85. The van der Waals surface area contributed by atoms with Crippen molar-refractivity contribution in [3.05, 3.63) is 50.1 Å². The molecule has 6 heteroatoms. The number of methoxy groups -OCH3 is 1. The fraction of sp³-hybridized carbons (Fsp3) is 0.167. The molecule has 0 radical (unpaired) electrons. The average Bonchev–Trinajstić information content (AvgIpc) is 2.82. The molecule has 1 atom stereocenters. The first-order chi connectivity index (χ1) is 8.56. The summed E-state index contributed by atoms with van der Waals surface area (Å²) < 4.78 is 33.0. The number of thiophene rings is 1. The van der Waals surface area contributed by atoms with Gasteiger partial charge in [-0.3, -0.25) is 0 Å². The van der Waals surface area contributed by atoms with Gasteiger partial charge in [0.05, 0.1) is 22.5 Å². The third kappa shape index (κ3) is 2.28. The number of nitrogens with two attached hydrogens (primary N) is 1. The number of hydrogen-bond acceptors (Lipinski definition) is 3. The quantitative estimate of drug-likeness (QED) is 0.866. The first kappa shape index (κ1) is 13.5. The molecule has 0 fully saturated rings. The van der Waals surface area contributed by atoms with Gasteiger partial charge in [-0.15, -0.1) is 11.3 Å². The summed E-state index contributed by atoms with van der Waals surface area (Å²) in [6, 6.07) is 3.32. The first-order valence-corrected chi connectivity index (χ1v) is 6.74. The lowest BCUT2D eigenvalue weighted by atomic mass is 10.0. The molecule has 0 saturated carbocycles. The summed E-state index contributed by atoms with van der Waals surface area (Å²) in [5.74, 6) is -0.817. The molecule has 2 rings (SSSR count). The van der Waals surface area contributed by atoms with Gasteiger partial charge in [-0.2, -0.15) is 0 Å². The van der Waals surface area contributed by atoms with E-state index in [9.17, 15) is 8.78 Å². The summed E-state index contributed by atoms with van der Waals surface area (Å²) in [6.07, 6.45) is 0. The van der Waals surface area contributed by atoms with Gasteiger partial charge >= 0.3 is 0 Å². The maximum Gasteiger partial charge on any atom is 0.145 e. The van der Waals surface area contributed by atoms with Crippen molar-refractivity contribution in [2.75, 3.05) is 7.11 Å². The van der Waals surface area contributed by atoms with E-state index < -0.39 is 17.7 Å². The first-order valence-electron chi connectivity index (χ1n) is 5.06. The van der Waals surface area contributed by atoms with E-state index in [1.165, 1.54) is 30.6 Å². The zero-order valence-electron chi connectivity index (χ0n) is 9.41. The molecule has 1 heterocycles. The Balaban J connectivity index is 2.52. The van der Waals surface area contributed by atoms with Crippen molar-refractivity contribution in [1.29, 1.82) is 0 Å². The largest absolute Gasteiger partial charge is 0.496 e. The van der Waals surface area contributed by atoms with Crippen LogP contribution in [-0.4, -0.2) is 7.11 Å². The molecule has 2 aromatic rings. The highest BCUT2D eigenvalue weighted by Gasteiger charge is 2.23. The lowest BCUT2D eigenvalue weighted by Crippen LogP contribution is -2.15. The number of halogens is 3. The van der Waals surface area contributed by atoms with Crippen LogP contribution in [0.15, 0.2) is 28.1 Å². The van der Waals surface area contributed by atoms with Crippen molar-refractivity contribution >= 4 is 27.3 Å². The normalized spacial score (nSPS) is 12.5. The molecule has 0 aliphatic carbocycles. The molecule has 1 unspecified atom stereocenters. The molecular formula is C12H10BrF2NOS. The minimum atomic E-state index is -0.891. The lowest BCUT2D eigenvalue weighted by Gasteiger charge is -2.14. The topological polar surface area (TPSA) is 35.2 Å². The van der Waals surface area contributed by atoms with E-state index in [1.54, 1.807) is 11.4 Å². The van der Waals surface area contributed by atoms with Crippen LogP contribution in [0.1, 0.15) is 16.5 Å². The number of ether oxygens (including phenoxy) is 1. The van der Waals surface area contributed by atoms with E-state index in [-0.39, 0.29) is 10.0 Å². The van der Waals surface area contributed by atoms with Crippen LogP contribution in [0.3, 0.4) is 0 Å². The molecule has 0 aliphatic rings. The monoisotopic (exact) mass is 333 g/mol. The van der Waals surface area contributed by atoms with E-state index in [1.807, 2.05) is 0 Å². The Morgan fingerprint density at radius 3 is 2.72 bits per heavy atom. The summed E-state index contributed by atoms with van der Waals surface area (Å²) in [7, 11) is 1.49. The van der Waals surface area contributed by atoms with Gasteiger partial charge in [0.15, 0.2) is 0 Å². The van der Waals surface area contributed by atoms with Gasteiger partial charge in [-0.1, -0.05) is 0 Å². The molecule has 1 aromatic carbocycles. The fourth-order valence-corrected chi connectivity index (χ4v) is 2.88. The maximum absolute atomic E-state index is 13.9. The molecule has 0 spiro atoms. The standard InChI is InChI=1S/C12H10BrF2NOS/c1-17-8-4-5-18-12(8)11(16)9-7(14)3-2-6(13)10(9)15/h2-5,11H,16H2,1H3. The molecule has 0 saturated heterocycles. The van der Waals surface area contributed by atoms with Crippen LogP contribution in [0.25, 0.3) is 0 Å². The van der Waals surface area contributed by atoms with Crippen LogP contribution >= 0.6 is 27.3 Å². The fourth-order valence-electron chi connectivity index (χ4n) is 1.66. The van der Waals surface area contributed by atoms with Gasteiger partial charge in [0.2, 0.25) is 0 Å². The second-order valence-electron chi connectivity index (χ2n) is 3.59. The zero-order chi connectivity index (χ0) is 13.3. The van der Waals surface area contributed by atoms with Crippen molar-refractivity contribution in [2.24, 2.45) is 5.73 Å². The molecular weight excluding hydrogens is 324 g/mol. The van der Waals surface area contributed by atoms with E-state index in [2.05, 4.69) is 15.9 Å². The Kier molecular flexibility index (Phi) is 3.99. The second kappa shape index (κ2) is 5.34. The number of hydrogen-bond donors (Lipinski definition) is 1. The van der Waals surface area contributed by atoms with E-state index in [4.69, 9.17) is 10.5 Å². The summed E-state index contributed by atoms with van der Waals surface area (Å²) >= 11 is 4.32. The van der Waals surface area contributed by atoms with Gasteiger partial charge in [-0.05, 0) is 39.5 Å². The van der Waals surface area contributed by atoms with Gasteiger partial charge in [0.1, 0.15) is 17.4 Å². The Morgan fingerprint density at radius 2 is 2.06 bits per heavy atom. The van der Waals surface area contributed by atoms with Crippen molar-refractivity contribution in [1.82, 2.24) is 0 Å². The van der Waals surface area contributed by atoms with E-state index >= 15 is 0 Å². The summed E-state index contributed by atoms with van der Waals surface area (Å²) in [4.78, 5) is 0.591. The third-order valence-corrected chi connectivity index (χ3v) is 4.14. The van der Waals surface area contributed by atoms with Crippen LogP contribution < -0.4 is 10.5 Å². The highest BCUT2D eigenvalue weighted by atomic mass is 79.9. The van der Waals surface area contributed by atoms with Crippen LogP contribution in [0.4, 0.5) is 8.78 Å². The van der Waals surface area contributed by atoms with Gasteiger partial charge in [0.25, 0.3) is 0 Å². The average molecular weight is 334 g/mol. The number of benzene rings is 1. The van der Waals surface area contributed by atoms with Crippen LogP contribution in [0.5, 0.6) is 5.75 Å². The molecule has 1 aromatic heterocycles. The SMILES string of the molecule is COc1ccsc1C(N)c1c(F)ccc(Br)c1F. The van der Waals surface area contributed by atoms with E-state index in [0.29, 0.717) is 10.6 Å². The van der Waals surface area contributed by atoms with Crippen molar-refractivity contribution in [2.45, 2.75) is 6.04 Å². The Hall–Kier alpha value is -0.980. The second-order valence-corrected chi connectivity index (χ2v) is 5.39. The van der Waals surface area contributed by atoms with Gasteiger partial charge < -0.3 is 10.5 Å². The highest BCUT2D eigenvalue weighted by molar-refractivity contribution is 9.10. The van der Waals surface area contributed by atoms with Crippen molar-refractivity contribution in [3.63, 3.8) is 0 Å². The summed E-state index contributed by atoms with van der Waals surface area (Å²) in [5, 5.41) is 1.77. The predicted molar refractivity (Wildman–Crippen MR) is 71.0 cm³/mol. The lowest BCUT2D eigenvalue weighted by molar-refractivity contribution is 0.409. The van der Waals surface area contributed by atoms with Crippen molar-refractivity contribution < 1.29 is 13.5 Å². The zero-order valence-corrected chi connectivity index (χ0v) is 11.8. The van der Waals surface area contributed by atoms with Crippen molar-refractivity contribution in [3.8, 4) is 5.75 Å². The molecule has 18 heavy (non-hydrogen) atoms. The smallest absolute Gasteiger partial charge is 0.145 e. The third-order valence-electron chi connectivity index (χ3n) is 2.55. The molecule has 2 nitrogen and oxygen atoms in total. The molecule has 0 amide bonds. The van der Waals surface area contributed by atoms with Gasteiger partial charge in [-0.25, -0.2) is 8.78 Å².